The van der Waals surface area contributed by atoms with Crippen molar-refractivity contribution in [1.29, 1.82) is 0 Å². The zero-order chi connectivity index (χ0) is 15.1. The van der Waals surface area contributed by atoms with E-state index in [1.807, 2.05) is 30.3 Å². The Bertz CT molecular complexity index is 602. The predicted molar refractivity (Wildman–Crippen MR) is 79.7 cm³/mol. The summed E-state index contributed by atoms with van der Waals surface area (Å²) in [5, 5.41) is 2.69. The molecule has 5 heteroatoms. The molecule has 0 radical (unpaired) electrons. The standard InChI is InChI=1S/C16H17FN2O2/c17-14-9-4-8-13(15(14)18)16(20)19-10-5-11-21-12-6-2-1-3-7-12/h1-4,6-9H,5,10-11,18H2,(H,19,20). The summed E-state index contributed by atoms with van der Waals surface area (Å²) in [6, 6.07) is 13.6. The first kappa shape index (κ1) is 14.8. The Morgan fingerprint density at radius 2 is 1.90 bits per heavy atom. The molecule has 0 aliphatic carbocycles. The van der Waals surface area contributed by atoms with Gasteiger partial charge >= 0.3 is 0 Å². The molecule has 2 aromatic carbocycles. The van der Waals surface area contributed by atoms with E-state index in [0.29, 0.717) is 19.6 Å². The summed E-state index contributed by atoms with van der Waals surface area (Å²) in [5.41, 5.74) is 5.55. The molecule has 0 bridgehead atoms. The van der Waals surface area contributed by atoms with Gasteiger partial charge in [-0.05, 0) is 30.7 Å². The normalized spacial score (nSPS) is 10.1. The number of carbonyl (C=O) groups is 1. The molecule has 0 spiro atoms. The highest BCUT2D eigenvalue weighted by atomic mass is 19.1. The third kappa shape index (κ3) is 4.21. The van der Waals surface area contributed by atoms with Crippen molar-refractivity contribution in [3.8, 4) is 5.75 Å². The van der Waals surface area contributed by atoms with Crippen LogP contribution >= 0.6 is 0 Å². The van der Waals surface area contributed by atoms with E-state index >= 15 is 0 Å². The van der Waals surface area contributed by atoms with Crippen LogP contribution in [0.25, 0.3) is 0 Å². The molecule has 0 atom stereocenters. The van der Waals surface area contributed by atoms with Crippen molar-refractivity contribution < 1.29 is 13.9 Å². The van der Waals surface area contributed by atoms with Gasteiger partial charge in [-0.1, -0.05) is 24.3 Å². The molecule has 0 heterocycles. The highest BCUT2D eigenvalue weighted by molar-refractivity contribution is 5.99. The van der Waals surface area contributed by atoms with Gasteiger partial charge in [0.1, 0.15) is 11.6 Å². The third-order valence-corrected chi connectivity index (χ3v) is 2.92. The molecule has 2 aromatic rings. The molecule has 2 rings (SSSR count). The number of ether oxygens (including phenoxy) is 1. The molecule has 4 nitrogen and oxygen atoms in total. The Morgan fingerprint density at radius 3 is 2.67 bits per heavy atom. The predicted octanol–water partition coefficient (Wildman–Crippen LogP) is 2.61. The maximum atomic E-state index is 13.2. The van der Waals surface area contributed by atoms with Gasteiger partial charge < -0.3 is 15.8 Å². The van der Waals surface area contributed by atoms with Crippen LogP contribution in [0.4, 0.5) is 10.1 Å². The number of amides is 1. The Balaban J connectivity index is 1.73. The van der Waals surface area contributed by atoms with Gasteiger partial charge in [0.25, 0.3) is 5.91 Å². The lowest BCUT2D eigenvalue weighted by Gasteiger charge is -2.09. The SMILES string of the molecule is Nc1c(F)cccc1C(=O)NCCCOc1ccccc1. The zero-order valence-electron chi connectivity index (χ0n) is 11.5. The largest absolute Gasteiger partial charge is 0.494 e. The summed E-state index contributed by atoms with van der Waals surface area (Å²) in [4.78, 5) is 11.9. The smallest absolute Gasteiger partial charge is 0.253 e. The second-order valence-corrected chi connectivity index (χ2v) is 4.47. The van der Waals surface area contributed by atoms with Gasteiger partial charge in [-0.2, -0.15) is 0 Å². The first-order valence-corrected chi connectivity index (χ1v) is 6.68. The van der Waals surface area contributed by atoms with Gasteiger partial charge in [-0.25, -0.2) is 4.39 Å². The Hall–Kier alpha value is -2.56. The minimum absolute atomic E-state index is 0.129. The summed E-state index contributed by atoms with van der Waals surface area (Å²) in [7, 11) is 0. The van der Waals surface area contributed by atoms with Crippen LogP contribution in [-0.4, -0.2) is 19.1 Å². The minimum Gasteiger partial charge on any atom is -0.494 e. The molecule has 1 amide bonds. The highest BCUT2D eigenvalue weighted by Crippen LogP contribution is 2.15. The number of rotatable bonds is 6. The third-order valence-electron chi connectivity index (χ3n) is 2.92. The first-order valence-electron chi connectivity index (χ1n) is 6.68. The molecule has 0 aliphatic rings. The maximum absolute atomic E-state index is 13.2. The van der Waals surface area contributed by atoms with Gasteiger partial charge in [-0.15, -0.1) is 0 Å². The van der Waals surface area contributed by atoms with Crippen LogP contribution in [0.3, 0.4) is 0 Å². The van der Waals surface area contributed by atoms with Crippen molar-refractivity contribution in [3.63, 3.8) is 0 Å². The number of nitrogen functional groups attached to an aromatic ring is 1. The number of nitrogens with two attached hydrogens (primary N) is 1. The second kappa shape index (κ2) is 7.28. The van der Waals surface area contributed by atoms with Gasteiger partial charge in [0, 0.05) is 6.54 Å². The van der Waals surface area contributed by atoms with E-state index in [2.05, 4.69) is 5.32 Å². The molecular formula is C16H17FN2O2. The Labute approximate surface area is 122 Å². The fraction of sp³-hybridized carbons (Fsp3) is 0.188. The number of hydrogen-bond donors (Lipinski definition) is 2. The van der Waals surface area contributed by atoms with Crippen molar-refractivity contribution in [3.05, 3.63) is 59.9 Å². The zero-order valence-corrected chi connectivity index (χ0v) is 11.5. The lowest BCUT2D eigenvalue weighted by molar-refractivity contribution is 0.0952. The number of hydrogen-bond acceptors (Lipinski definition) is 3. The lowest BCUT2D eigenvalue weighted by atomic mass is 10.1. The van der Waals surface area contributed by atoms with Crippen LogP contribution in [0.1, 0.15) is 16.8 Å². The fourth-order valence-corrected chi connectivity index (χ4v) is 1.81. The van der Waals surface area contributed by atoms with Crippen molar-refractivity contribution in [2.24, 2.45) is 0 Å². The van der Waals surface area contributed by atoms with Crippen LogP contribution in [0.2, 0.25) is 0 Å². The summed E-state index contributed by atoms with van der Waals surface area (Å²) >= 11 is 0. The van der Waals surface area contributed by atoms with Crippen LogP contribution in [0, 0.1) is 5.82 Å². The van der Waals surface area contributed by atoms with Crippen LogP contribution in [0.5, 0.6) is 5.75 Å². The molecule has 0 saturated carbocycles. The Morgan fingerprint density at radius 1 is 1.14 bits per heavy atom. The van der Waals surface area contributed by atoms with Gasteiger partial charge in [0.05, 0.1) is 17.9 Å². The summed E-state index contributed by atoms with van der Waals surface area (Å²) in [6.45, 7) is 0.921. The fourth-order valence-electron chi connectivity index (χ4n) is 1.81. The number of halogens is 1. The maximum Gasteiger partial charge on any atom is 0.253 e. The van der Waals surface area contributed by atoms with E-state index in [-0.39, 0.29) is 17.2 Å². The number of para-hydroxylation sites is 2. The van der Waals surface area contributed by atoms with E-state index in [9.17, 15) is 9.18 Å². The number of benzene rings is 2. The quantitative estimate of drug-likeness (QED) is 0.634. The van der Waals surface area contributed by atoms with Crippen molar-refractivity contribution in [2.75, 3.05) is 18.9 Å². The van der Waals surface area contributed by atoms with E-state index in [0.717, 1.165) is 5.75 Å². The molecule has 0 saturated heterocycles. The molecule has 21 heavy (non-hydrogen) atoms. The second-order valence-electron chi connectivity index (χ2n) is 4.47. The number of carbonyl (C=O) groups excluding carboxylic acids is 1. The van der Waals surface area contributed by atoms with Gasteiger partial charge in [0.15, 0.2) is 0 Å². The molecule has 0 unspecified atom stereocenters. The first-order chi connectivity index (χ1) is 10.2. The van der Waals surface area contributed by atoms with Crippen LogP contribution in [-0.2, 0) is 0 Å². The van der Waals surface area contributed by atoms with Crippen molar-refractivity contribution >= 4 is 11.6 Å². The van der Waals surface area contributed by atoms with E-state index in [4.69, 9.17) is 10.5 Å². The highest BCUT2D eigenvalue weighted by Gasteiger charge is 2.11. The number of nitrogens with one attached hydrogen (secondary N) is 1. The molecule has 110 valence electrons. The Kier molecular flexibility index (Phi) is 5.15. The molecule has 0 aromatic heterocycles. The van der Waals surface area contributed by atoms with Crippen LogP contribution in [0.15, 0.2) is 48.5 Å². The molecular weight excluding hydrogens is 271 g/mol. The molecule has 0 aliphatic heterocycles. The van der Waals surface area contributed by atoms with Gasteiger partial charge in [0.2, 0.25) is 0 Å². The van der Waals surface area contributed by atoms with Crippen LogP contribution < -0.4 is 15.8 Å². The topological polar surface area (TPSA) is 64.4 Å². The minimum atomic E-state index is -0.588. The van der Waals surface area contributed by atoms with E-state index in [1.165, 1.54) is 18.2 Å². The summed E-state index contributed by atoms with van der Waals surface area (Å²) < 4.78 is 18.7. The lowest BCUT2D eigenvalue weighted by Crippen LogP contribution is -2.26. The van der Waals surface area contributed by atoms with Gasteiger partial charge in [-0.3, -0.25) is 4.79 Å². The van der Waals surface area contributed by atoms with E-state index < -0.39 is 5.82 Å². The van der Waals surface area contributed by atoms with Crippen molar-refractivity contribution in [2.45, 2.75) is 6.42 Å². The summed E-state index contributed by atoms with van der Waals surface area (Å²) in [6.07, 6.45) is 0.649. The number of anilines is 1. The summed E-state index contributed by atoms with van der Waals surface area (Å²) in [5.74, 6) is -0.181. The monoisotopic (exact) mass is 288 g/mol. The molecule has 3 N–H and O–H groups in total. The average molecular weight is 288 g/mol. The average Bonchev–Trinajstić information content (AvgIpc) is 2.50. The molecule has 0 fully saturated rings. The van der Waals surface area contributed by atoms with Crippen molar-refractivity contribution in [1.82, 2.24) is 5.32 Å². The van der Waals surface area contributed by atoms with E-state index in [1.54, 1.807) is 0 Å².